The molecule has 20 heavy (non-hydrogen) atoms. The number of phenols is 1. The molecule has 1 aliphatic heterocycles. The van der Waals surface area contributed by atoms with Crippen LogP contribution in [0, 0.1) is 0 Å². The van der Waals surface area contributed by atoms with Gasteiger partial charge in [0.2, 0.25) is 0 Å². The summed E-state index contributed by atoms with van der Waals surface area (Å²) >= 11 is 0. The monoisotopic (exact) mass is 280 g/mol. The molecule has 4 N–H and O–H groups in total. The van der Waals surface area contributed by atoms with Crippen LogP contribution in [0.1, 0.15) is 23.2 Å². The second kappa shape index (κ2) is 5.79. The second-order valence-corrected chi connectivity index (χ2v) is 4.68. The van der Waals surface area contributed by atoms with E-state index in [1.807, 2.05) is 0 Å². The second-order valence-electron chi connectivity index (χ2n) is 4.68. The molecule has 2 rings (SSSR count). The number of piperidine rings is 1. The summed E-state index contributed by atoms with van der Waals surface area (Å²) < 4.78 is 0. The van der Waals surface area contributed by atoms with E-state index in [0.717, 1.165) is 0 Å². The summed E-state index contributed by atoms with van der Waals surface area (Å²) in [5.41, 5.74) is -0.239. The number of aliphatic hydroxyl groups is 1. The van der Waals surface area contributed by atoms with Crippen molar-refractivity contribution in [2.24, 2.45) is 0 Å². The molecule has 0 spiro atoms. The Kier molecular flexibility index (Phi) is 4.09. The smallest absolute Gasteiger partial charge is 0.339 e. The number of aromatic hydroxyl groups is 1. The predicted octanol–water partition coefficient (Wildman–Crippen LogP) is 1.08. The molecule has 1 aromatic rings. The van der Waals surface area contributed by atoms with E-state index >= 15 is 0 Å². The Morgan fingerprint density at radius 2 is 2.10 bits per heavy atom. The molecule has 1 heterocycles. The first-order chi connectivity index (χ1) is 9.49. The maximum absolute atomic E-state index is 12.0. The lowest BCUT2D eigenvalue weighted by Crippen LogP contribution is -2.44. The molecule has 1 fully saturated rings. The number of benzene rings is 1. The topological polar surface area (TPSA) is 110 Å². The van der Waals surface area contributed by atoms with Gasteiger partial charge in [-0.1, -0.05) is 6.07 Å². The Labute approximate surface area is 115 Å². The SMILES string of the molecule is O=C(O)c1cccc(NC(=O)N2CCCC(O)C2)c1O. The number of aromatic carboxylic acids is 1. The van der Waals surface area contributed by atoms with Gasteiger partial charge in [0, 0.05) is 13.1 Å². The first kappa shape index (κ1) is 14.1. The van der Waals surface area contributed by atoms with Crippen LogP contribution in [0.3, 0.4) is 0 Å². The molecule has 0 radical (unpaired) electrons. The molecule has 2 amide bonds. The molecule has 1 aromatic carbocycles. The van der Waals surface area contributed by atoms with Crippen molar-refractivity contribution in [3.63, 3.8) is 0 Å². The van der Waals surface area contributed by atoms with Crippen LogP contribution < -0.4 is 5.32 Å². The Balaban J connectivity index is 2.11. The van der Waals surface area contributed by atoms with E-state index in [1.54, 1.807) is 0 Å². The minimum Gasteiger partial charge on any atom is -0.505 e. The zero-order valence-corrected chi connectivity index (χ0v) is 10.7. The number of rotatable bonds is 2. The van der Waals surface area contributed by atoms with Crippen LogP contribution in [0.25, 0.3) is 0 Å². The standard InChI is InChI=1S/C13H16N2O5/c16-8-3-2-6-15(7-8)13(20)14-10-5-1-4-9(11(10)17)12(18)19/h1,4-5,8,16-17H,2-3,6-7H2,(H,14,20)(H,18,19). The fourth-order valence-electron chi connectivity index (χ4n) is 2.15. The Bertz CT molecular complexity index is 531. The van der Waals surface area contributed by atoms with E-state index in [4.69, 9.17) is 5.11 Å². The zero-order valence-electron chi connectivity index (χ0n) is 10.7. The van der Waals surface area contributed by atoms with E-state index in [2.05, 4.69) is 5.32 Å². The van der Waals surface area contributed by atoms with Gasteiger partial charge in [-0.15, -0.1) is 0 Å². The number of para-hydroxylation sites is 1. The Morgan fingerprint density at radius 3 is 2.75 bits per heavy atom. The molecule has 7 nitrogen and oxygen atoms in total. The number of amides is 2. The van der Waals surface area contributed by atoms with Gasteiger partial charge in [0.25, 0.3) is 0 Å². The van der Waals surface area contributed by atoms with Crippen molar-refractivity contribution < 1.29 is 24.9 Å². The highest BCUT2D eigenvalue weighted by atomic mass is 16.4. The van der Waals surface area contributed by atoms with Gasteiger partial charge in [-0.3, -0.25) is 0 Å². The number of carbonyl (C=O) groups excluding carboxylic acids is 1. The summed E-state index contributed by atoms with van der Waals surface area (Å²) in [6.45, 7) is 0.744. The molecule has 0 bridgehead atoms. The van der Waals surface area contributed by atoms with Crippen molar-refractivity contribution in [2.75, 3.05) is 18.4 Å². The van der Waals surface area contributed by atoms with Gasteiger partial charge >= 0.3 is 12.0 Å². The van der Waals surface area contributed by atoms with Crippen LogP contribution in [-0.2, 0) is 0 Å². The maximum Gasteiger partial charge on any atom is 0.339 e. The molecule has 0 saturated carbocycles. The number of β-amino-alcohol motifs (C(OH)–C–C–N with tert-alkyl or cyclic N) is 1. The quantitative estimate of drug-likeness (QED) is 0.606. The van der Waals surface area contributed by atoms with Crippen LogP contribution >= 0.6 is 0 Å². The molecule has 1 unspecified atom stereocenters. The largest absolute Gasteiger partial charge is 0.505 e. The zero-order chi connectivity index (χ0) is 14.7. The summed E-state index contributed by atoms with van der Waals surface area (Å²) in [4.78, 5) is 24.3. The lowest BCUT2D eigenvalue weighted by Gasteiger charge is -2.30. The highest BCUT2D eigenvalue weighted by Crippen LogP contribution is 2.27. The van der Waals surface area contributed by atoms with Gasteiger partial charge in [0.05, 0.1) is 11.8 Å². The van der Waals surface area contributed by atoms with Crippen LogP contribution in [0.4, 0.5) is 10.5 Å². The fraction of sp³-hybridized carbons (Fsp3) is 0.385. The highest BCUT2D eigenvalue weighted by Gasteiger charge is 2.23. The normalized spacial score (nSPS) is 18.6. The molecule has 108 valence electrons. The number of nitrogens with zero attached hydrogens (tertiary/aromatic N) is 1. The van der Waals surface area contributed by atoms with Crippen LogP contribution in [0.5, 0.6) is 5.75 Å². The number of hydrogen-bond donors (Lipinski definition) is 4. The van der Waals surface area contributed by atoms with Crippen molar-refractivity contribution in [3.8, 4) is 5.75 Å². The lowest BCUT2D eigenvalue weighted by molar-refractivity contribution is 0.0693. The molecule has 1 aliphatic rings. The summed E-state index contributed by atoms with van der Waals surface area (Å²) in [5, 5.41) is 30.7. The lowest BCUT2D eigenvalue weighted by atomic mass is 10.1. The number of aliphatic hydroxyl groups excluding tert-OH is 1. The number of carboxylic acids is 1. The van der Waals surface area contributed by atoms with Crippen molar-refractivity contribution in [1.82, 2.24) is 4.90 Å². The summed E-state index contributed by atoms with van der Waals surface area (Å²) in [6.07, 6.45) is 0.813. The van der Waals surface area contributed by atoms with Crippen LogP contribution in [0.2, 0.25) is 0 Å². The minimum atomic E-state index is -1.27. The number of carboxylic acid groups (broad SMARTS) is 1. The number of likely N-dealkylation sites (tertiary alicyclic amines) is 1. The van der Waals surface area contributed by atoms with Gasteiger partial charge in [-0.05, 0) is 25.0 Å². The molecule has 7 heteroatoms. The Morgan fingerprint density at radius 1 is 1.35 bits per heavy atom. The van der Waals surface area contributed by atoms with E-state index in [0.29, 0.717) is 19.4 Å². The third kappa shape index (κ3) is 3.00. The molecule has 0 aromatic heterocycles. The van der Waals surface area contributed by atoms with E-state index in [9.17, 15) is 19.8 Å². The van der Waals surface area contributed by atoms with E-state index in [1.165, 1.54) is 23.1 Å². The molecule has 1 saturated heterocycles. The van der Waals surface area contributed by atoms with E-state index in [-0.39, 0.29) is 17.8 Å². The molecular weight excluding hydrogens is 264 g/mol. The van der Waals surface area contributed by atoms with E-state index < -0.39 is 23.9 Å². The van der Waals surface area contributed by atoms with Crippen molar-refractivity contribution in [3.05, 3.63) is 23.8 Å². The number of hydrogen-bond acceptors (Lipinski definition) is 4. The van der Waals surface area contributed by atoms with Gasteiger partial charge in [0.1, 0.15) is 5.56 Å². The molecule has 0 aliphatic carbocycles. The third-order valence-electron chi connectivity index (χ3n) is 3.19. The van der Waals surface area contributed by atoms with Crippen molar-refractivity contribution in [2.45, 2.75) is 18.9 Å². The Hall–Kier alpha value is -2.28. The van der Waals surface area contributed by atoms with Crippen molar-refractivity contribution >= 4 is 17.7 Å². The minimum absolute atomic E-state index is 0.0370. The van der Waals surface area contributed by atoms with Crippen LogP contribution in [0.15, 0.2) is 18.2 Å². The highest BCUT2D eigenvalue weighted by molar-refractivity contribution is 5.97. The van der Waals surface area contributed by atoms with Crippen molar-refractivity contribution in [1.29, 1.82) is 0 Å². The third-order valence-corrected chi connectivity index (χ3v) is 3.19. The van der Waals surface area contributed by atoms with Gasteiger partial charge < -0.3 is 25.5 Å². The summed E-state index contributed by atoms with van der Waals surface area (Å²) in [5.74, 6) is -1.75. The summed E-state index contributed by atoms with van der Waals surface area (Å²) in [7, 11) is 0. The molecule has 1 atom stereocenters. The predicted molar refractivity (Wildman–Crippen MR) is 70.9 cm³/mol. The van der Waals surface area contributed by atoms with Gasteiger partial charge in [-0.2, -0.15) is 0 Å². The number of urea groups is 1. The average molecular weight is 280 g/mol. The number of anilines is 1. The van der Waals surface area contributed by atoms with Crippen LogP contribution in [-0.4, -0.2) is 51.4 Å². The fourth-order valence-corrected chi connectivity index (χ4v) is 2.15. The number of nitrogens with one attached hydrogen (secondary N) is 1. The average Bonchev–Trinajstić information content (AvgIpc) is 2.40. The molecular formula is C13H16N2O5. The maximum atomic E-state index is 12.0. The summed E-state index contributed by atoms with van der Waals surface area (Å²) in [6, 6.07) is 3.63. The van der Waals surface area contributed by atoms with Gasteiger partial charge in [0.15, 0.2) is 5.75 Å². The number of carbonyl (C=O) groups is 2. The first-order valence-electron chi connectivity index (χ1n) is 6.28. The van der Waals surface area contributed by atoms with Gasteiger partial charge in [-0.25, -0.2) is 9.59 Å². The first-order valence-corrected chi connectivity index (χ1v) is 6.28.